The molecule has 138 valence electrons. The summed E-state index contributed by atoms with van der Waals surface area (Å²) in [6.45, 7) is 4.73. The first kappa shape index (κ1) is 20.0. The SMILES string of the molecule is CCOCCN(C)CC(O)COc1ccn(-c2ccc(Cl)c(Cl)c2)n1. The predicted molar refractivity (Wildman–Crippen MR) is 99.1 cm³/mol. The summed E-state index contributed by atoms with van der Waals surface area (Å²) >= 11 is 11.9. The molecular weight excluding hydrogens is 365 g/mol. The second-order valence-electron chi connectivity index (χ2n) is 5.62. The van der Waals surface area contributed by atoms with Crippen molar-refractivity contribution in [2.24, 2.45) is 0 Å². The van der Waals surface area contributed by atoms with Gasteiger partial charge in [-0.15, -0.1) is 5.10 Å². The largest absolute Gasteiger partial charge is 0.474 e. The Morgan fingerprint density at radius 1 is 1.28 bits per heavy atom. The molecule has 0 aliphatic rings. The Labute approximate surface area is 157 Å². The molecule has 1 aromatic heterocycles. The van der Waals surface area contributed by atoms with Gasteiger partial charge in [-0.25, -0.2) is 4.68 Å². The third-order valence-corrected chi connectivity index (χ3v) is 4.24. The minimum Gasteiger partial charge on any atom is -0.474 e. The van der Waals surface area contributed by atoms with Crippen LogP contribution in [0.4, 0.5) is 0 Å². The van der Waals surface area contributed by atoms with Gasteiger partial charge in [-0.1, -0.05) is 23.2 Å². The lowest BCUT2D eigenvalue weighted by atomic mass is 10.3. The van der Waals surface area contributed by atoms with E-state index >= 15 is 0 Å². The van der Waals surface area contributed by atoms with E-state index in [1.165, 1.54) is 0 Å². The molecule has 2 rings (SSSR count). The van der Waals surface area contributed by atoms with Gasteiger partial charge in [0.25, 0.3) is 0 Å². The lowest BCUT2D eigenvalue weighted by Gasteiger charge is -2.20. The monoisotopic (exact) mass is 387 g/mol. The Kier molecular flexibility index (Phi) is 7.99. The summed E-state index contributed by atoms with van der Waals surface area (Å²) in [4.78, 5) is 2.00. The van der Waals surface area contributed by atoms with Gasteiger partial charge in [-0.2, -0.15) is 0 Å². The maximum absolute atomic E-state index is 10.1. The first-order chi connectivity index (χ1) is 12.0. The average molecular weight is 388 g/mol. The molecule has 0 aliphatic heterocycles. The minimum atomic E-state index is -0.609. The van der Waals surface area contributed by atoms with Crippen LogP contribution in [0.3, 0.4) is 0 Å². The first-order valence-electron chi connectivity index (χ1n) is 8.08. The summed E-state index contributed by atoms with van der Waals surface area (Å²) in [7, 11) is 1.93. The average Bonchev–Trinajstić information content (AvgIpc) is 3.05. The van der Waals surface area contributed by atoms with E-state index in [4.69, 9.17) is 32.7 Å². The highest BCUT2D eigenvalue weighted by molar-refractivity contribution is 6.42. The van der Waals surface area contributed by atoms with Crippen molar-refractivity contribution in [3.63, 3.8) is 0 Å². The van der Waals surface area contributed by atoms with Crippen molar-refractivity contribution in [1.29, 1.82) is 0 Å². The number of halogens is 2. The number of likely N-dealkylation sites (N-methyl/N-ethyl adjacent to an activating group) is 1. The summed E-state index contributed by atoms with van der Waals surface area (Å²) in [5, 5.41) is 15.3. The summed E-state index contributed by atoms with van der Waals surface area (Å²) in [5.74, 6) is 0.432. The van der Waals surface area contributed by atoms with E-state index < -0.39 is 6.10 Å². The highest BCUT2D eigenvalue weighted by Crippen LogP contribution is 2.24. The van der Waals surface area contributed by atoms with Crippen molar-refractivity contribution in [3.05, 3.63) is 40.5 Å². The maximum atomic E-state index is 10.1. The summed E-state index contributed by atoms with van der Waals surface area (Å²) in [6.07, 6.45) is 1.15. The van der Waals surface area contributed by atoms with Crippen LogP contribution in [0, 0.1) is 0 Å². The van der Waals surface area contributed by atoms with E-state index in [0.717, 1.165) is 12.2 Å². The minimum absolute atomic E-state index is 0.164. The Morgan fingerprint density at radius 3 is 2.80 bits per heavy atom. The molecule has 0 saturated heterocycles. The van der Waals surface area contributed by atoms with E-state index in [9.17, 15) is 5.11 Å². The number of aliphatic hydroxyl groups excluding tert-OH is 1. The summed E-state index contributed by atoms with van der Waals surface area (Å²) < 4.78 is 12.5. The zero-order valence-corrected chi connectivity index (χ0v) is 15.9. The normalized spacial score (nSPS) is 12.6. The van der Waals surface area contributed by atoms with Crippen molar-refractivity contribution in [3.8, 4) is 11.6 Å². The van der Waals surface area contributed by atoms with Crippen LogP contribution in [0.15, 0.2) is 30.5 Å². The second kappa shape index (κ2) is 9.99. The smallest absolute Gasteiger partial charge is 0.233 e. The number of nitrogens with zero attached hydrogens (tertiary/aromatic N) is 3. The Hall–Kier alpha value is -1.31. The van der Waals surface area contributed by atoms with Crippen LogP contribution in [-0.4, -0.2) is 65.8 Å². The molecule has 1 N–H and O–H groups in total. The third-order valence-electron chi connectivity index (χ3n) is 3.50. The van der Waals surface area contributed by atoms with Gasteiger partial charge in [-0.3, -0.25) is 0 Å². The van der Waals surface area contributed by atoms with Crippen LogP contribution in [0.5, 0.6) is 5.88 Å². The van der Waals surface area contributed by atoms with Gasteiger partial charge in [0.05, 0.1) is 22.3 Å². The summed E-state index contributed by atoms with van der Waals surface area (Å²) in [6, 6.07) is 6.98. The third kappa shape index (κ3) is 6.49. The Bertz CT molecular complexity index is 666. The zero-order valence-electron chi connectivity index (χ0n) is 14.4. The second-order valence-corrected chi connectivity index (χ2v) is 6.44. The lowest BCUT2D eigenvalue weighted by molar-refractivity contribution is 0.0599. The molecule has 0 saturated carbocycles. The van der Waals surface area contributed by atoms with Gasteiger partial charge in [0.2, 0.25) is 5.88 Å². The van der Waals surface area contributed by atoms with Crippen LogP contribution < -0.4 is 4.74 Å². The number of hydrogen-bond donors (Lipinski definition) is 1. The number of aromatic nitrogens is 2. The molecule has 6 nitrogen and oxygen atoms in total. The van der Waals surface area contributed by atoms with E-state index in [1.807, 2.05) is 24.9 Å². The van der Waals surface area contributed by atoms with Crippen molar-refractivity contribution in [1.82, 2.24) is 14.7 Å². The van der Waals surface area contributed by atoms with Crippen LogP contribution in [0.2, 0.25) is 10.0 Å². The van der Waals surface area contributed by atoms with Gasteiger partial charge in [0, 0.05) is 32.0 Å². The van der Waals surface area contributed by atoms with Gasteiger partial charge < -0.3 is 19.5 Å². The number of hydrogen-bond acceptors (Lipinski definition) is 5. The van der Waals surface area contributed by atoms with Crippen LogP contribution >= 0.6 is 23.2 Å². The van der Waals surface area contributed by atoms with Gasteiger partial charge in [0.15, 0.2) is 0 Å². The van der Waals surface area contributed by atoms with Crippen LogP contribution in [-0.2, 0) is 4.74 Å². The van der Waals surface area contributed by atoms with Crippen molar-refractivity contribution in [2.45, 2.75) is 13.0 Å². The van der Waals surface area contributed by atoms with E-state index in [2.05, 4.69) is 5.10 Å². The van der Waals surface area contributed by atoms with E-state index in [-0.39, 0.29) is 6.61 Å². The fraction of sp³-hybridized carbons (Fsp3) is 0.471. The zero-order chi connectivity index (χ0) is 18.2. The number of benzene rings is 1. The van der Waals surface area contributed by atoms with Gasteiger partial charge in [0.1, 0.15) is 12.7 Å². The molecule has 0 fully saturated rings. The molecule has 25 heavy (non-hydrogen) atoms. The van der Waals surface area contributed by atoms with E-state index in [0.29, 0.717) is 35.7 Å². The molecule has 0 radical (unpaired) electrons. The molecule has 1 heterocycles. The van der Waals surface area contributed by atoms with Gasteiger partial charge >= 0.3 is 0 Å². The first-order valence-corrected chi connectivity index (χ1v) is 8.83. The molecule has 8 heteroatoms. The fourth-order valence-electron chi connectivity index (χ4n) is 2.21. The number of rotatable bonds is 10. The molecule has 0 amide bonds. The standard InChI is InChI=1S/C17H23Cl2N3O3/c1-3-24-9-8-21(2)11-14(23)12-25-17-6-7-22(20-17)13-4-5-15(18)16(19)10-13/h4-7,10,14,23H,3,8-9,11-12H2,1-2H3. The summed E-state index contributed by atoms with van der Waals surface area (Å²) in [5.41, 5.74) is 0.778. The molecule has 2 aromatic rings. The molecular formula is C17H23Cl2N3O3. The van der Waals surface area contributed by atoms with E-state index in [1.54, 1.807) is 29.1 Å². The topological polar surface area (TPSA) is 59.8 Å². The van der Waals surface area contributed by atoms with Crippen LogP contribution in [0.25, 0.3) is 5.69 Å². The van der Waals surface area contributed by atoms with Crippen LogP contribution in [0.1, 0.15) is 6.92 Å². The highest BCUT2D eigenvalue weighted by Gasteiger charge is 2.11. The van der Waals surface area contributed by atoms with Crippen molar-refractivity contribution in [2.75, 3.05) is 40.0 Å². The quantitative estimate of drug-likeness (QED) is 0.635. The number of aliphatic hydroxyl groups is 1. The van der Waals surface area contributed by atoms with Crippen molar-refractivity contribution >= 4 is 23.2 Å². The fourth-order valence-corrected chi connectivity index (χ4v) is 2.50. The molecule has 0 bridgehead atoms. The maximum Gasteiger partial charge on any atom is 0.233 e. The van der Waals surface area contributed by atoms with Crippen molar-refractivity contribution < 1.29 is 14.6 Å². The lowest BCUT2D eigenvalue weighted by Crippen LogP contribution is -2.35. The molecule has 0 spiro atoms. The molecule has 0 aliphatic carbocycles. The predicted octanol–water partition coefficient (Wildman–Crippen LogP) is 2.89. The molecule has 1 atom stereocenters. The Balaban J connectivity index is 1.81. The van der Waals surface area contributed by atoms with Gasteiger partial charge in [-0.05, 0) is 32.2 Å². The molecule has 1 aromatic carbocycles. The highest BCUT2D eigenvalue weighted by atomic mass is 35.5. The number of ether oxygens (including phenoxy) is 2. The Morgan fingerprint density at radius 2 is 2.08 bits per heavy atom. The molecule has 1 unspecified atom stereocenters.